The van der Waals surface area contributed by atoms with Crippen LogP contribution in [0, 0.1) is 11.6 Å². The van der Waals surface area contributed by atoms with Crippen molar-refractivity contribution in [3.8, 4) is 16.9 Å². The Morgan fingerprint density at radius 3 is 2.13 bits per heavy atom. The fraction of sp³-hybridized carbons (Fsp3) is 0.250. The van der Waals surface area contributed by atoms with Crippen LogP contribution in [0.1, 0.15) is 54.5 Å². The van der Waals surface area contributed by atoms with Crippen LogP contribution >= 0.6 is 0 Å². The first-order valence-corrected chi connectivity index (χ1v) is 16.0. The molecule has 1 saturated heterocycles. The molecule has 0 saturated carbocycles. The number of rotatable bonds is 5. The summed E-state index contributed by atoms with van der Waals surface area (Å²) in [5.41, 5.74) is 5.83. The third kappa shape index (κ3) is 4.03. The molecule has 2 heterocycles. The Kier molecular flexibility index (Phi) is 6.58. The molecule has 5 heteroatoms. The van der Waals surface area contributed by atoms with Crippen LogP contribution in [0.5, 0.6) is 5.75 Å². The fourth-order valence-corrected chi connectivity index (χ4v) is 8.11. The van der Waals surface area contributed by atoms with Gasteiger partial charge in [-0.25, -0.2) is 8.78 Å². The highest BCUT2D eigenvalue weighted by Gasteiger charge is 2.48. The molecule has 3 nitrogen and oxygen atoms in total. The van der Waals surface area contributed by atoms with Crippen LogP contribution in [-0.2, 0) is 15.8 Å². The Morgan fingerprint density at radius 2 is 1.42 bits per heavy atom. The summed E-state index contributed by atoms with van der Waals surface area (Å²) in [6.45, 7) is 7.40. The van der Waals surface area contributed by atoms with E-state index in [-0.39, 0.29) is 0 Å². The Bertz CT molecular complexity index is 1960. The van der Waals surface area contributed by atoms with Crippen molar-refractivity contribution < 1.29 is 18.3 Å². The van der Waals surface area contributed by atoms with Gasteiger partial charge >= 0.3 is 0 Å². The van der Waals surface area contributed by atoms with Gasteiger partial charge in [-0.05, 0) is 59.2 Å². The molecular formula is C40H35F2NO2. The minimum absolute atomic E-state index is 0.484. The molecule has 0 N–H and O–H groups in total. The van der Waals surface area contributed by atoms with Gasteiger partial charge in [-0.2, -0.15) is 0 Å². The Labute approximate surface area is 262 Å². The monoisotopic (exact) mass is 599 g/mol. The number of halogens is 2. The van der Waals surface area contributed by atoms with E-state index in [2.05, 4.69) is 79.4 Å². The molecule has 226 valence electrons. The average Bonchev–Trinajstić information content (AvgIpc) is 3.40. The number of benzene rings is 5. The zero-order chi connectivity index (χ0) is 30.8. The summed E-state index contributed by atoms with van der Waals surface area (Å²) in [5.74, 6) is -0.271. The number of nitrogens with zero attached hydrogens (tertiary/aromatic N) is 1. The lowest BCUT2D eigenvalue weighted by atomic mass is 9.71. The molecule has 1 unspecified atom stereocenters. The molecule has 0 bridgehead atoms. The highest BCUT2D eigenvalue weighted by atomic mass is 19.1. The first-order valence-electron chi connectivity index (χ1n) is 16.0. The summed E-state index contributed by atoms with van der Waals surface area (Å²) in [6, 6.07) is 29.7. The fourth-order valence-electron chi connectivity index (χ4n) is 8.11. The molecule has 0 spiro atoms. The number of morpholine rings is 1. The van der Waals surface area contributed by atoms with Crippen LogP contribution in [0.2, 0.25) is 0 Å². The van der Waals surface area contributed by atoms with E-state index in [0.717, 1.165) is 82.4 Å². The molecule has 3 aliphatic rings. The largest absolute Gasteiger partial charge is 0.472 e. The van der Waals surface area contributed by atoms with E-state index >= 15 is 4.39 Å². The summed E-state index contributed by atoms with van der Waals surface area (Å²) >= 11 is 0. The molecule has 0 aromatic heterocycles. The Balaban J connectivity index is 1.38. The summed E-state index contributed by atoms with van der Waals surface area (Å²) in [4.78, 5) is 2.35. The standard InChI is InChI=1S/C40H35F2NO2/c1-3-39(4-2)36-33(24-28(41)25-34(36)42)35-30-12-8-9-13-31(30)38-32(37(35)39)18-19-40(45-38,26-10-6-5-7-11-26)27-14-16-29(17-15-27)43-20-22-44-23-21-43/h5-19,24-25H,3-4,20-23H2,1-2H3. The Hall–Kier alpha value is -4.48. The second-order valence-corrected chi connectivity index (χ2v) is 12.3. The van der Waals surface area contributed by atoms with E-state index in [4.69, 9.17) is 9.47 Å². The maximum absolute atomic E-state index is 15.9. The van der Waals surface area contributed by atoms with Crippen molar-refractivity contribution in [1.82, 2.24) is 0 Å². The van der Waals surface area contributed by atoms with E-state index in [1.165, 1.54) is 6.07 Å². The lowest BCUT2D eigenvalue weighted by molar-refractivity contribution is 0.122. The molecular weight excluding hydrogens is 564 g/mol. The molecule has 1 fully saturated rings. The third-order valence-corrected chi connectivity index (χ3v) is 10.3. The maximum Gasteiger partial charge on any atom is 0.178 e. The van der Waals surface area contributed by atoms with Crippen LogP contribution in [0.4, 0.5) is 14.5 Å². The number of anilines is 1. The summed E-state index contributed by atoms with van der Waals surface area (Å²) < 4.78 is 43.6. The highest BCUT2D eigenvalue weighted by Crippen LogP contribution is 2.61. The molecule has 5 aromatic carbocycles. The van der Waals surface area contributed by atoms with Crippen LogP contribution in [0.25, 0.3) is 28.0 Å². The predicted octanol–water partition coefficient (Wildman–Crippen LogP) is 9.39. The Morgan fingerprint density at radius 1 is 0.756 bits per heavy atom. The van der Waals surface area contributed by atoms with Crippen LogP contribution in [0.15, 0.2) is 97.1 Å². The highest BCUT2D eigenvalue weighted by molar-refractivity contribution is 6.08. The zero-order valence-electron chi connectivity index (χ0n) is 25.6. The molecule has 1 atom stereocenters. The van der Waals surface area contributed by atoms with Crippen LogP contribution < -0.4 is 9.64 Å². The average molecular weight is 600 g/mol. The summed E-state index contributed by atoms with van der Waals surface area (Å²) in [7, 11) is 0. The van der Waals surface area contributed by atoms with Gasteiger partial charge in [0.25, 0.3) is 0 Å². The second kappa shape index (κ2) is 10.6. The van der Waals surface area contributed by atoms with Gasteiger partial charge in [0, 0.05) is 57.9 Å². The van der Waals surface area contributed by atoms with Crippen LogP contribution in [-0.4, -0.2) is 26.3 Å². The first kappa shape index (κ1) is 28.0. The predicted molar refractivity (Wildman–Crippen MR) is 177 cm³/mol. The number of ether oxygens (including phenoxy) is 2. The van der Waals surface area contributed by atoms with E-state index in [1.54, 1.807) is 0 Å². The maximum atomic E-state index is 15.9. The summed E-state index contributed by atoms with van der Waals surface area (Å²) in [6.07, 6.45) is 5.68. The van der Waals surface area contributed by atoms with Gasteiger partial charge in [-0.15, -0.1) is 0 Å². The number of hydrogen-bond acceptors (Lipinski definition) is 3. The minimum Gasteiger partial charge on any atom is -0.472 e. The smallest absolute Gasteiger partial charge is 0.178 e. The lowest BCUT2D eigenvalue weighted by Gasteiger charge is -2.39. The molecule has 0 amide bonds. The van der Waals surface area contributed by atoms with Gasteiger partial charge in [0.15, 0.2) is 5.60 Å². The van der Waals surface area contributed by atoms with E-state index in [1.807, 2.05) is 30.3 Å². The van der Waals surface area contributed by atoms with Crippen molar-refractivity contribution in [1.29, 1.82) is 0 Å². The van der Waals surface area contributed by atoms with Crippen molar-refractivity contribution in [2.24, 2.45) is 0 Å². The number of fused-ring (bicyclic) bond motifs is 8. The second-order valence-electron chi connectivity index (χ2n) is 12.3. The quantitative estimate of drug-likeness (QED) is 0.201. The topological polar surface area (TPSA) is 21.7 Å². The van der Waals surface area contributed by atoms with Crippen molar-refractivity contribution in [2.45, 2.75) is 37.7 Å². The molecule has 5 aromatic rings. The van der Waals surface area contributed by atoms with Crippen LogP contribution in [0.3, 0.4) is 0 Å². The van der Waals surface area contributed by atoms with Gasteiger partial charge in [-0.3, -0.25) is 0 Å². The lowest BCUT2D eigenvalue weighted by Crippen LogP contribution is -2.37. The minimum atomic E-state index is -0.890. The van der Waals surface area contributed by atoms with Gasteiger partial charge in [0.1, 0.15) is 17.4 Å². The van der Waals surface area contributed by atoms with Gasteiger partial charge in [0.2, 0.25) is 0 Å². The summed E-state index contributed by atoms with van der Waals surface area (Å²) in [5, 5.41) is 1.88. The normalized spacial score (nSPS) is 19.6. The third-order valence-electron chi connectivity index (χ3n) is 10.3. The van der Waals surface area contributed by atoms with Crippen molar-refractivity contribution in [2.75, 3.05) is 31.2 Å². The van der Waals surface area contributed by atoms with Gasteiger partial charge < -0.3 is 14.4 Å². The molecule has 45 heavy (non-hydrogen) atoms. The van der Waals surface area contributed by atoms with E-state index in [0.29, 0.717) is 24.0 Å². The van der Waals surface area contributed by atoms with Crippen molar-refractivity contribution in [3.63, 3.8) is 0 Å². The zero-order valence-corrected chi connectivity index (χ0v) is 25.6. The molecule has 0 radical (unpaired) electrons. The SMILES string of the molecule is CCC1(CC)c2c(F)cc(F)cc2-c2c1c1c(c3ccccc23)OC(c2ccccc2)(c2ccc(N3CCOCC3)cc2)C=C1. The number of hydrogen-bond donors (Lipinski definition) is 0. The van der Waals surface area contributed by atoms with Crippen molar-refractivity contribution in [3.05, 3.63) is 137 Å². The molecule has 2 aliphatic heterocycles. The van der Waals surface area contributed by atoms with Gasteiger partial charge in [0.05, 0.1) is 13.2 Å². The van der Waals surface area contributed by atoms with Crippen molar-refractivity contribution >= 4 is 22.5 Å². The van der Waals surface area contributed by atoms with Gasteiger partial charge in [-0.1, -0.05) is 86.7 Å². The molecule has 8 rings (SSSR count). The molecule has 1 aliphatic carbocycles. The van der Waals surface area contributed by atoms with E-state index in [9.17, 15) is 4.39 Å². The first-order chi connectivity index (χ1) is 22.0. The van der Waals surface area contributed by atoms with E-state index < -0.39 is 22.7 Å².